The van der Waals surface area contributed by atoms with Crippen molar-refractivity contribution in [2.45, 2.75) is 57.3 Å². The van der Waals surface area contributed by atoms with E-state index in [1.807, 2.05) is 0 Å². The smallest absolute Gasteiger partial charge is 0.335 e. The maximum atomic E-state index is 12.6. The average molecular weight is 344 g/mol. The van der Waals surface area contributed by atoms with Crippen LogP contribution in [0.25, 0.3) is 0 Å². The first-order valence-corrected chi connectivity index (χ1v) is 8.56. The fraction of sp³-hybridized carbons (Fsp3) is 0.750. The van der Waals surface area contributed by atoms with Gasteiger partial charge in [0.05, 0.1) is 6.04 Å². The Morgan fingerprint density at radius 2 is 2.08 bits per heavy atom. The lowest BCUT2D eigenvalue weighted by molar-refractivity contribution is -0.141. The molecule has 2 aliphatic rings. The molecule has 2 fully saturated rings. The number of urea groups is 1. The first-order valence-electron chi connectivity index (χ1n) is 8.56. The van der Waals surface area contributed by atoms with Gasteiger partial charge in [0.15, 0.2) is 5.69 Å². The summed E-state index contributed by atoms with van der Waals surface area (Å²) in [6.07, 6.45) is 1.54. The molecule has 0 unspecified atom stereocenters. The molecule has 5 nitrogen and oxygen atoms in total. The number of hydrogen-bond acceptors (Lipinski definition) is 2. The molecule has 1 aromatic heterocycles. The van der Waals surface area contributed by atoms with Crippen molar-refractivity contribution in [3.8, 4) is 0 Å². The first-order chi connectivity index (χ1) is 11.4. The minimum Gasteiger partial charge on any atom is -0.335 e. The van der Waals surface area contributed by atoms with Crippen LogP contribution in [0.2, 0.25) is 0 Å². The summed E-state index contributed by atoms with van der Waals surface area (Å²) in [6, 6.07) is 1.17. The summed E-state index contributed by atoms with van der Waals surface area (Å²) >= 11 is 0. The van der Waals surface area contributed by atoms with Gasteiger partial charge in [-0.3, -0.25) is 4.68 Å². The largest absolute Gasteiger partial charge is 0.435 e. The summed E-state index contributed by atoms with van der Waals surface area (Å²) in [4.78, 5) is 14.0. The lowest BCUT2D eigenvalue weighted by Gasteiger charge is -2.32. The zero-order chi connectivity index (χ0) is 17.3. The second-order valence-electron chi connectivity index (χ2n) is 6.74. The molecule has 3 rings (SSSR count). The van der Waals surface area contributed by atoms with Gasteiger partial charge in [0.2, 0.25) is 0 Å². The predicted molar refractivity (Wildman–Crippen MR) is 82.4 cm³/mol. The van der Waals surface area contributed by atoms with Gasteiger partial charge in [0.25, 0.3) is 0 Å². The molecule has 24 heavy (non-hydrogen) atoms. The number of nitrogens with one attached hydrogen (secondary N) is 1. The highest BCUT2D eigenvalue weighted by Crippen LogP contribution is 2.35. The number of alkyl halides is 3. The minimum absolute atomic E-state index is 0.0477. The highest BCUT2D eigenvalue weighted by Gasteiger charge is 2.38. The number of halogens is 3. The van der Waals surface area contributed by atoms with E-state index in [1.54, 1.807) is 4.90 Å². The van der Waals surface area contributed by atoms with Crippen molar-refractivity contribution >= 4 is 6.03 Å². The van der Waals surface area contributed by atoms with Gasteiger partial charge in [-0.05, 0) is 37.7 Å². The van der Waals surface area contributed by atoms with Gasteiger partial charge in [-0.2, -0.15) is 18.3 Å². The lowest BCUT2D eigenvalue weighted by Crippen LogP contribution is -2.45. The van der Waals surface area contributed by atoms with Crippen LogP contribution in [-0.4, -0.2) is 39.8 Å². The number of carbonyl (C=O) groups is 1. The number of nitrogens with zero attached hydrogens (tertiary/aromatic N) is 3. The third-order valence-electron chi connectivity index (χ3n) is 4.92. The Hall–Kier alpha value is -1.73. The molecule has 1 N–H and O–H groups in total. The lowest BCUT2D eigenvalue weighted by atomic mass is 10.1. The highest BCUT2D eigenvalue weighted by molar-refractivity contribution is 5.75. The van der Waals surface area contributed by atoms with Crippen LogP contribution in [0.5, 0.6) is 0 Å². The first kappa shape index (κ1) is 17.1. The van der Waals surface area contributed by atoms with E-state index in [4.69, 9.17) is 0 Å². The minimum atomic E-state index is -4.41. The molecule has 2 heterocycles. The molecule has 8 heteroatoms. The number of rotatable bonds is 4. The summed E-state index contributed by atoms with van der Waals surface area (Å²) in [5.41, 5.74) is -0.863. The number of amides is 2. The van der Waals surface area contributed by atoms with Crippen LogP contribution >= 0.6 is 0 Å². The number of piperidine rings is 1. The average Bonchev–Trinajstić information content (AvgIpc) is 3.07. The molecular weight excluding hydrogens is 321 g/mol. The number of likely N-dealkylation sites (tertiary alicyclic amines) is 1. The standard InChI is InChI=1S/C16H23F3N4O/c1-2-3-11-10-13(11)20-15(24)22-7-4-12(5-8-22)23-9-6-14(21-23)16(17,18)19/h6,9,11-13H,2-5,7-8,10H2,1H3,(H,20,24)/t11-,13+/m1/s1. The molecule has 1 saturated heterocycles. The molecule has 0 radical (unpaired) electrons. The van der Waals surface area contributed by atoms with Gasteiger partial charge < -0.3 is 10.2 Å². The molecule has 1 aromatic rings. The van der Waals surface area contributed by atoms with E-state index in [2.05, 4.69) is 17.3 Å². The Balaban J connectivity index is 1.47. The quantitative estimate of drug-likeness (QED) is 0.910. The van der Waals surface area contributed by atoms with Crippen LogP contribution in [0.15, 0.2) is 12.3 Å². The van der Waals surface area contributed by atoms with Gasteiger partial charge >= 0.3 is 12.2 Å². The van der Waals surface area contributed by atoms with Crippen LogP contribution in [0.4, 0.5) is 18.0 Å². The Morgan fingerprint density at radius 1 is 1.38 bits per heavy atom. The van der Waals surface area contributed by atoms with Crippen molar-refractivity contribution in [1.82, 2.24) is 20.0 Å². The van der Waals surface area contributed by atoms with E-state index in [-0.39, 0.29) is 12.1 Å². The van der Waals surface area contributed by atoms with E-state index in [9.17, 15) is 18.0 Å². The molecular formula is C16H23F3N4O. The van der Waals surface area contributed by atoms with Crippen LogP contribution in [-0.2, 0) is 6.18 Å². The van der Waals surface area contributed by atoms with Gasteiger partial charge in [-0.25, -0.2) is 4.79 Å². The Labute approximate surface area is 139 Å². The van der Waals surface area contributed by atoms with E-state index in [0.29, 0.717) is 37.9 Å². The maximum Gasteiger partial charge on any atom is 0.435 e. The zero-order valence-electron chi connectivity index (χ0n) is 13.7. The van der Waals surface area contributed by atoms with Crippen LogP contribution in [0.3, 0.4) is 0 Å². The van der Waals surface area contributed by atoms with E-state index >= 15 is 0 Å². The van der Waals surface area contributed by atoms with Crippen molar-refractivity contribution < 1.29 is 18.0 Å². The van der Waals surface area contributed by atoms with Crippen molar-refractivity contribution in [3.05, 3.63) is 18.0 Å². The molecule has 0 aromatic carbocycles. The second kappa shape index (κ2) is 6.64. The van der Waals surface area contributed by atoms with Crippen molar-refractivity contribution in [3.63, 3.8) is 0 Å². The van der Waals surface area contributed by atoms with Gasteiger partial charge in [-0.15, -0.1) is 0 Å². The van der Waals surface area contributed by atoms with Crippen molar-refractivity contribution in [2.24, 2.45) is 5.92 Å². The van der Waals surface area contributed by atoms with Crippen molar-refractivity contribution in [2.75, 3.05) is 13.1 Å². The maximum absolute atomic E-state index is 12.6. The SMILES string of the molecule is CCC[C@@H]1C[C@@H]1NC(=O)N1CCC(n2ccc(C(F)(F)F)n2)CC1. The van der Waals surface area contributed by atoms with Crippen LogP contribution < -0.4 is 5.32 Å². The number of carbonyl (C=O) groups excluding carboxylic acids is 1. The predicted octanol–water partition coefficient (Wildman–Crippen LogP) is 3.44. The molecule has 2 atom stereocenters. The Kier molecular flexibility index (Phi) is 4.73. The second-order valence-corrected chi connectivity index (χ2v) is 6.74. The van der Waals surface area contributed by atoms with Crippen molar-refractivity contribution in [1.29, 1.82) is 0 Å². The summed E-state index contributed by atoms with van der Waals surface area (Å²) in [5, 5.41) is 6.69. The monoisotopic (exact) mass is 344 g/mol. The topological polar surface area (TPSA) is 50.2 Å². The van der Waals surface area contributed by atoms with E-state index in [0.717, 1.165) is 25.3 Å². The molecule has 134 valence electrons. The molecule has 0 bridgehead atoms. The van der Waals surface area contributed by atoms with Gasteiger partial charge in [-0.1, -0.05) is 13.3 Å². The summed E-state index contributed by atoms with van der Waals surface area (Å²) in [7, 11) is 0. The van der Waals surface area contributed by atoms with Crippen LogP contribution in [0.1, 0.15) is 50.8 Å². The fourth-order valence-electron chi connectivity index (χ4n) is 3.39. The zero-order valence-corrected chi connectivity index (χ0v) is 13.7. The van der Waals surface area contributed by atoms with E-state index in [1.165, 1.54) is 10.9 Å². The summed E-state index contributed by atoms with van der Waals surface area (Å²) < 4.78 is 39.2. The van der Waals surface area contributed by atoms with E-state index < -0.39 is 11.9 Å². The Bertz CT molecular complexity index is 578. The fourth-order valence-corrected chi connectivity index (χ4v) is 3.39. The third-order valence-corrected chi connectivity index (χ3v) is 4.92. The summed E-state index contributed by atoms with van der Waals surface area (Å²) in [6.45, 7) is 3.23. The summed E-state index contributed by atoms with van der Waals surface area (Å²) in [5.74, 6) is 0.612. The molecule has 0 spiro atoms. The number of hydrogen-bond donors (Lipinski definition) is 1. The molecule has 2 amide bonds. The third kappa shape index (κ3) is 3.84. The molecule has 1 aliphatic carbocycles. The normalized spacial score (nSPS) is 24.9. The van der Waals surface area contributed by atoms with Gasteiger partial charge in [0, 0.05) is 25.3 Å². The number of aromatic nitrogens is 2. The molecule has 1 aliphatic heterocycles. The van der Waals surface area contributed by atoms with Gasteiger partial charge in [0.1, 0.15) is 0 Å². The van der Waals surface area contributed by atoms with Crippen LogP contribution in [0, 0.1) is 5.92 Å². The highest BCUT2D eigenvalue weighted by atomic mass is 19.4. The molecule has 1 saturated carbocycles. The Morgan fingerprint density at radius 3 is 2.67 bits per heavy atom.